The van der Waals surface area contributed by atoms with Gasteiger partial charge in [-0.25, -0.2) is 23.7 Å². The third kappa shape index (κ3) is 3.46. The van der Waals surface area contributed by atoms with E-state index in [1.54, 1.807) is 10.9 Å². The Bertz CT molecular complexity index is 1110. The van der Waals surface area contributed by atoms with E-state index in [0.29, 0.717) is 21.8 Å². The van der Waals surface area contributed by atoms with E-state index in [0.717, 1.165) is 6.07 Å². The summed E-state index contributed by atoms with van der Waals surface area (Å²) in [4.78, 5) is 12.8. The first-order chi connectivity index (χ1) is 14.3. The molecule has 11 heteroatoms. The molecule has 0 radical (unpaired) electrons. The zero-order valence-corrected chi connectivity index (χ0v) is 17.5. The Morgan fingerprint density at radius 2 is 1.97 bits per heavy atom. The van der Waals surface area contributed by atoms with Crippen LogP contribution in [0.5, 0.6) is 0 Å². The quantitative estimate of drug-likeness (QED) is 0.436. The van der Waals surface area contributed by atoms with Crippen molar-refractivity contribution < 1.29 is 23.0 Å². The van der Waals surface area contributed by atoms with Crippen LogP contribution in [0.25, 0.3) is 11.2 Å². The monoisotopic (exact) mass is 454 g/mol. The maximum atomic E-state index is 14.0. The van der Waals surface area contributed by atoms with Gasteiger partial charge in [0.15, 0.2) is 22.8 Å². The van der Waals surface area contributed by atoms with E-state index in [2.05, 4.69) is 15.0 Å². The van der Waals surface area contributed by atoms with Crippen LogP contribution in [-0.4, -0.2) is 49.4 Å². The molecule has 7 nitrogen and oxygen atoms in total. The molecule has 30 heavy (non-hydrogen) atoms. The van der Waals surface area contributed by atoms with Gasteiger partial charge in [-0.15, -0.1) is 11.8 Å². The van der Waals surface area contributed by atoms with Crippen molar-refractivity contribution in [3.05, 3.63) is 47.6 Å². The van der Waals surface area contributed by atoms with E-state index in [1.165, 1.54) is 30.2 Å². The Labute approximate surface area is 179 Å². The van der Waals surface area contributed by atoms with E-state index in [9.17, 15) is 8.78 Å². The number of fused-ring (bicyclic) bond motifs is 2. The lowest BCUT2D eigenvalue weighted by atomic mass is 10.1. The van der Waals surface area contributed by atoms with Gasteiger partial charge in [0.25, 0.3) is 0 Å². The minimum atomic E-state index is -0.801. The van der Waals surface area contributed by atoms with Gasteiger partial charge in [0, 0.05) is 16.7 Å². The average molecular weight is 455 g/mol. The normalized spacial score (nSPS) is 27.6. The Balaban J connectivity index is 1.43. The van der Waals surface area contributed by atoms with E-state index in [-0.39, 0.29) is 11.3 Å². The Morgan fingerprint density at radius 1 is 1.17 bits per heavy atom. The second-order valence-corrected chi connectivity index (χ2v) is 8.92. The van der Waals surface area contributed by atoms with Crippen molar-refractivity contribution in [2.45, 2.75) is 49.1 Å². The van der Waals surface area contributed by atoms with Crippen molar-refractivity contribution in [1.29, 1.82) is 0 Å². The highest BCUT2D eigenvalue weighted by Crippen LogP contribution is 2.45. The molecule has 0 saturated carbocycles. The molecule has 2 aromatic heterocycles. The Hall–Kier alpha value is -1.85. The third-order valence-corrected chi connectivity index (χ3v) is 6.42. The minimum absolute atomic E-state index is 0.246. The van der Waals surface area contributed by atoms with Crippen LogP contribution < -0.4 is 0 Å². The number of imidazole rings is 1. The van der Waals surface area contributed by atoms with Gasteiger partial charge in [-0.1, -0.05) is 11.6 Å². The molecule has 1 aromatic carbocycles. The van der Waals surface area contributed by atoms with Crippen molar-refractivity contribution in [3.63, 3.8) is 0 Å². The molecule has 158 valence electrons. The van der Waals surface area contributed by atoms with Gasteiger partial charge in [-0.2, -0.15) is 0 Å². The number of hydrogen-bond donors (Lipinski definition) is 0. The van der Waals surface area contributed by atoms with Crippen molar-refractivity contribution in [2.24, 2.45) is 0 Å². The fourth-order valence-electron chi connectivity index (χ4n) is 3.79. The van der Waals surface area contributed by atoms with Crippen LogP contribution in [-0.2, 0) is 14.2 Å². The first-order valence-corrected chi connectivity index (χ1v) is 10.6. The number of benzene rings is 1. The maximum absolute atomic E-state index is 14.0. The van der Waals surface area contributed by atoms with Crippen LogP contribution >= 0.6 is 23.4 Å². The average Bonchev–Trinajstić information content (AvgIpc) is 3.33. The Kier molecular flexibility index (Phi) is 4.94. The van der Waals surface area contributed by atoms with Crippen LogP contribution in [0.4, 0.5) is 8.78 Å². The number of aromatic nitrogens is 4. The van der Waals surface area contributed by atoms with Crippen LogP contribution in [0, 0.1) is 11.6 Å². The first-order valence-electron chi connectivity index (χ1n) is 9.24. The number of ether oxygens (including phenoxy) is 3. The molecule has 5 rings (SSSR count). The molecule has 4 atom stereocenters. The summed E-state index contributed by atoms with van der Waals surface area (Å²) in [5, 5.41) is 0.246. The standard InChI is InChI=1S/C19H17ClF2N4O3S/c1-19(2)28-14-11(6-30-12-4-3-9(21)5-10(12)22)27-18(15(14)29-19)26-8-25-13-16(20)23-7-24-17(13)26/h3-5,7-8,11,14-15,18H,6H2,1-2H3/t11-,14-,15-,18-/m1/s1. The minimum Gasteiger partial charge on any atom is -0.348 e. The van der Waals surface area contributed by atoms with Gasteiger partial charge >= 0.3 is 0 Å². The summed E-state index contributed by atoms with van der Waals surface area (Å²) in [5.74, 6) is -1.63. The first kappa shape index (κ1) is 20.1. The number of nitrogens with zero attached hydrogens (tertiary/aromatic N) is 4. The van der Waals surface area contributed by atoms with Crippen LogP contribution in [0.1, 0.15) is 20.1 Å². The second kappa shape index (κ2) is 7.38. The number of thioether (sulfide) groups is 1. The third-order valence-electron chi connectivity index (χ3n) is 5.01. The fraction of sp³-hybridized carbons (Fsp3) is 0.421. The SMILES string of the molecule is CC1(C)O[C@@H]2[C@H](O1)[C@@H](CSc1ccc(F)cc1F)O[C@H]2n1cnc2c(Cl)ncnc21. The molecule has 0 amide bonds. The highest BCUT2D eigenvalue weighted by molar-refractivity contribution is 7.99. The lowest BCUT2D eigenvalue weighted by Crippen LogP contribution is -2.31. The van der Waals surface area contributed by atoms with E-state index >= 15 is 0 Å². The second-order valence-electron chi connectivity index (χ2n) is 7.50. The van der Waals surface area contributed by atoms with E-state index < -0.39 is 35.9 Å². The van der Waals surface area contributed by atoms with Crippen molar-refractivity contribution in [2.75, 3.05) is 5.75 Å². The summed E-state index contributed by atoms with van der Waals surface area (Å²) in [5.41, 5.74) is 0.980. The summed E-state index contributed by atoms with van der Waals surface area (Å²) < 4.78 is 47.4. The zero-order chi connectivity index (χ0) is 21.0. The molecule has 2 aliphatic rings. The highest BCUT2D eigenvalue weighted by atomic mass is 35.5. The largest absolute Gasteiger partial charge is 0.348 e. The molecule has 2 aliphatic heterocycles. The summed E-state index contributed by atoms with van der Waals surface area (Å²) >= 11 is 7.35. The maximum Gasteiger partial charge on any atom is 0.167 e. The molecule has 4 heterocycles. The summed E-state index contributed by atoms with van der Waals surface area (Å²) in [6.45, 7) is 3.66. The zero-order valence-electron chi connectivity index (χ0n) is 16.0. The predicted octanol–water partition coefficient (Wildman–Crippen LogP) is 3.97. The lowest BCUT2D eigenvalue weighted by molar-refractivity contribution is -0.193. The van der Waals surface area contributed by atoms with Gasteiger partial charge in [-0.05, 0) is 26.0 Å². The molecular formula is C19H17ClF2N4O3S. The summed E-state index contributed by atoms with van der Waals surface area (Å²) in [6, 6.07) is 3.51. The number of halogens is 3. The molecule has 2 fully saturated rings. The molecule has 0 spiro atoms. The summed E-state index contributed by atoms with van der Waals surface area (Å²) in [7, 11) is 0. The van der Waals surface area contributed by atoms with Gasteiger partial charge in [-0.3, -0.25) is 4.57 Å². The molecule has 0 bridgehead atoms. The predicted molar refractivity (Wildman–Crippen MR) is 105 cm³/mol. The molecule has 0 unspecified atom stereocenters. The molecule has 2 saturated heterocycles. The molecule has 0 N–H and O–H groups in total. The van der Waals surface area contributed by atoms with Crippen molar-refractivity contribution in [1.82, 2.24) is 19.5 Å². The van der Waals surface area contributed by atoms with Gasteiger partial charge in [0.05, 0.1) is 12.4 Å². The van der Waals surface area contributed by atoms with Gasteiger partial charge in [0.2, 0.25) is 0 Å². The van der Waals surface area contributed by atoms with Crippen LogP contribution in [0.3, 0.4) is 0 Å². The molecule has 3 aromatic rings. The molecular weight excluding hydrogens is 438 g/mol. The fourth-order valence-corrected chi connectivity index (χ4v) is 4.94. The highest BCUT2D eigenvalue weighted by Gasteiger charge is 2.56. The topological polar surface area (TPSA) is 71.3 Å². The van der Waals surface area contributed by atoms with Gasteiger partial charge in [0.1, 0.15) is 35.7 Å². The van der Waals surface area contributed by atoms with E-state index in [1.807, 2.05) is 13.8 Å². The Morgan fingerprint density at radius 3 is 2.77 bits per heavy atom. The smallest absolute Gasteiger partial charge is 0.167 e. The van der Waals surface area contributed by atoms with Gasteiger partial charge < -0.3 is 14.2 Å². The molecule has 0 aliphatic carbocycles. The lowest BCUT2D eigenvalue weighted by Gasteiger charge is -2.24. The van der Waals surface area contributed by atoms with Crippen molar-refractivity contribution >= 4 is 34.5 Å². The number of hydrogen-bond acceptors (Lipinski definition) is 7. The van der Waals surface area contributed by atoms with Crippen LogP contribution in [0.15, 0.2) is 35.7 Å². The summed E-state index contributed by atoms with van der Waals surface area (Å²) in [6.07, 6.45) is 1.18. The van der Waals surface area contributed by atoms with Crippen molar-refractivity contribution in [3.8, 4) is 0 Å². The number of rotatable bonds is 4. The van der Waals surface area contributed by atoms with E-state index in [4.69, 9.17) is 25.8 Å². The van der Waals surface area contributed by atoms with Crippen LogP contribution in [0.2, 0.25) is 5.15 Å².